The Morgan fingerprint density at radius 2 is 2.25 bits per heavy atom. The van der Waals surface area contributed by atoms with Crippen LogP contribution in [0.25, 0.3) is 0 Å². The maximum absolute atomic E-state index is 11.7. The predicted octanol–water partition coefficient (Wildman–Crippen LogP) is 2.47. The van der Waals surface area contributed by atoms with Crippen molar-refractivity contribution in [2.75, 3.05) is 6.54 Å². The molecule has 1 aromatic heterocycles. The predicted molar refractivity (Wildman–Crippen MR) is 78.2 cm³/mol. The van der Waals surface area contributed by atoms with Crippen LogP contribution in [0.15, 0.2) is 23.9 Å². The van der Waals surface area contributed by atoms with Gasteiger partial charge in [-0.25, -0.2) is 14.8 Å². The quantitative estimate of drug-likeness (QED) is 0.811. The summed E-state index contributed by atoms with van der Waals surface area (Å²) in [5.74, 6) is 0.717. The van der Waals surface area contributed by atoms with Gasteiger partial charge in [0.2, 0.25) is 0 Å². The lowest BCUT2D eigenvalue weighted by atomic mass is 9.97. The van der Waals surface area contributed by atoms with Gasteiger partial charge >= 0.3 is 6.03 Å². The fourth-order valence-corrected chi connectivity index (χ4v) is 2.31. The number of nitrogens with one attached hydrogen (secondary N) is 2. The minimum absolute atomic E-state index is 0.141. The Kier molecular flexibility index (Phi) is 5.53. The summed E-state index contributed by atoms with van der Waals surface area (Å²) in [6.07, 6.45) is 9.93. The SMILES string of the molecule is Cc1nccc(CNC(=O)NCCC2=CCCCC2)n1. The highest BCUT2D eigenvalue weighted by Gasteiger charge is 2.05. The van der Waals surface area contributed by atoms with E-state index in [1.54, 1.807) is 12.3 Å². The third-order valence-corrected chi connectivity index (χ3v) is 3.38. The zero-order valence-electron chi connectivity index (χ0n) is 12.0. The zero-order valence-corrected chi connectivity index (χ0v) is 12.0. The van der Waals surface area contributed by atoms with E-state index >= 15 is 0 Å². The summed E-state index contributed by atoms with van der Waals surface area (Å²) in [6.45, 7) is 2.96. The first-order valence-electron chi connectivity index (χ1n) is 7.22. The van der Waals surface area contributed by atoms with E-state index in [2.05, 4.69) is 26.7 Å². The van der Waals surface area contributed by atoms with Crippen molar-refractivity contribution in [1.29, 1.82) is 0 Å². The van der Waals surface area contributed by atoms with Gasteiger partial charge in [-0.05, 0) is 45.1 Å². The Bertz CT molecular complexity index is 485. The van der Waals surface area contributed by atoms with Gasteiger partial charge in [0.05, 0.1) is 12.2 Å². The highest BCUT2D eigenvalue weighted by Crippen LogP contribution is 2.19. The van der Waals surface area contributed by atoms with E-state index < -0.39 is 0 Å². The second kappa shape index (κ2) is 7.62. The van der Waals surface area contributed by atoms with E-state index in [0.29, 0.717) is 18.9 Å². The van der Waals surface area contributed by atoms with Gasteiger partial charge in [-0.2, -0.15) is 0 Å². The number of amides is 2. The largest absolute Gasteiger partial charge is 0.338 e. The van der Waals surface area contributed by atoms with Crippen LogP contribution in [0.3, 0.4) is 0 Å². The summed E-state index contributed by atoms with van der Waals surface area (Å²) < 4.78 is 0. The molecule has 1 heterocycles. The fourth-order valence-electron chi connectivity index (χ4n) is 2.31. The number of carbonyl (C=O) groups is 1. The Hall–Kier alpha value is -1.91. The number of aryl methyl sites for hydroxylation is 1. The molecular formula is C15H22N4O. The molecule has 5 nitrogen and oxygen atoms in total. The van der Waals surface area contributed by atoms with Crippen molar-refractivity contribution in [3.05, 3.63) is 35.4 Å². The molecule has 2 amide bonds. The Morgan fingerprint density at radius 1 is 1.35 bits per heavy atom. The lowest BCUT2D eigenvalue weighted by Crippen LogP contribution is -2.35. The standard InChI is InChI=1S/C15H22N4O/c1-12-16-10-8-14(19-12)11-18-15(20)17-9-7-13-5-3-2-4-6-13/h5,8,10H,2-4,6-7,9,11H2,1H3,(H2,17,18,20). The summed E-state index contributed by atoms with van der Waals surface area (Å²) in [5.41, 5.74) is 2.30. The third-order valence-electron chi connectivity index (χ3n) is 3.38. The summed E-state index contributed by atoms with van der Waals surface area (Å²) in [7, 11) is 0. The number of nitrogens with zero attached hydrogens (tertiary/aromatic N) is 2. The van der Waals surface area contributed by atoms with Gasteiger partial charge in [-0.15, -0.1) is 0 Å². The molecule has 0 radical (unpaired) electrons. The number of allylic oxidation sites excluding steroid dienone is 1. The number of urea groups is 1. The van der Waals surface area contributed by atoms with Crippen LogP contribution < -0.4 is 10.6 Å². The van der Waals surface area contributed by atoms with Crippen LogP contribution in [0.5, 0.6) is 0 Å². The van der Waals surface area contributed by atoms with Crippen molar-refractivity contribution in [3.8, 4) is 0 Å². The average Bonchev–Trinajstić information content (AvgIpc) is 2.46. The molecule has 0 aromatic carbocycles. The van der Waals surface area contributed by atoms with E-state index in [9.17, 15) is 4.79 Å². The molecule has 1 aliphatic rings. The van der Waals surface area contributed by atoms with Crippen LogP contribution in [0.1, 0.15) is 43.6 Å². The van der Waals surface area contributed by atoms with Gasteiger partial charge in [0, 0.05) is 12.7 Å². The van der Waals surface area contributed by atoms with Gasteiger partial charge in [0.1, 0.15) is 5.82 Å². The summed E-state index contributed by atoms with van der Waals surface area (Å²) in [4.78, 5) is 19.9. The molecule has 0 atom stereocenters. The van der Waals surface area contributed by atoms with Gasteiger partial charge in [0.25, 0.3) is 0 Å². The Labute approximate surface area is 119 Å². The summed E-state index contributed by atoms with van der Waals surface area (Å²) >= 11 is 0. The van der Waals surface area contributed by atoms with E-state index in [4.69, 9.17) is 0 Å². The molecule has 0 fully saturated rings. The van der Waals surface area contributed by atoms with E-state index in [0.717, 1.165) is 12.1 Å². The maximum Gasteiger partial charge on any atom is 0.315 e. The molecule has 2 rings (SSSR count). The molecule has 0 spiro atoms. The van der Waals surface area contributed by atoms with Crippen LogP contribution in [0.4, 0.5) is 4.79 Å². The van der Waals surface area contributed by atoms with Gasteiger partial charge in [-0.3, -0.25) is 0 Å². The minimum atomic E-state index is -0.141. The van der Waals surface area contributed by atoms with Crippen molar-refractivity contribution in [2.24, 2.45) is 0 Å². The van der Waals surface area contributed by atoms with Gasteiger partial charge in [0.15, 0.2) is 0 Å². The zero-order chi connectivity index (χ0) is 14.2. The minimum Gasteiger partial charge on any atom is -0.338 e. The van der Waals surface area contributed by atoms with E-state index in [-0.39, 0.29) is 6.03 Å². The molecule has 0 saturated heterocycles. The van der Waals surface area contributed by atoms with Crippen molar-refractivity contribution in [1.82, 2.24) is 20.6 Å². The lowest BCUT2D eigenvalue weighted by molar-refractivity contribution is 0.240. The smallest absolute Gasteiger partial charge is 0.315 e. The second-order valence-corrected chi connectivity index (χ2v) is 5.06. The van der Waals surface area contributed by atoms with Crippen molar-refractivity contribution < 1.29 is 4.79 Å². The Balaban J connectivity index is 1.64. The Morgan fingerprint density at radius 3 is 3.00 bits per heavy atom. The average molecular weight is 274 g/mol. The molecule has 5 heteroatoms. The third kappa shape index (κ3) is 4.99. The lowest BCUT2D eigenvalue weighted by Gasteiger charge is -2.13. The number of hydrogen-bond donors (Lipinski definition) is 2. The first-order chi connectivity index (χ1) is 9.74. The van der Waals surface area contributed by atoms with Crippen molar-refractivity contribution in [3.63, 3.8) is 0 Å². The van der Waals surface area contributed by atoms with E-state index in [1.165, 1.54) is 31.3 Å². The first kappa shape index (κ1) is 14.5. The van der Waals surface area contributed by atoms with Crippen LogP contribution >= 0.6 is 0 Å². The number of carbonyl (C=O) groups excluding carboxylic acids is 1. The fraction of sp³-hybridized carbons (Fsp3) is 0.533. The number of aromatic nitrogens is 2. The number of hydrogen-bond acceptors (Lipinski definition) is 3. The summed E-state index contributed by atoms with van der Waals surface area (Å²) in [5, 5.41) is 5.68. The molecule has 1 aliphatic carbocycles. The van der Waals surface area contributed by atoms with Crippen LogP contribution in [0, 0.1) is 6.92 Å². The van der Waals surface area contributed by atoms with Crippen LogP contribution in [-0.4, -0.2) is 22.5 Å². The van der Waals surface area contributed by atoms with Crippen molar-refractivity contribution in [2.45, 2.75) is 45.6 Å². The number of rotatable bonds is 5. The molecule has 2 N–H and O–H groups in total. The van der Waals surface area contributed by atoms with E-state index in [1.807, 2.05) is 6.92 Å². The molecule has 0 aliphatic heterocycles. The summed E-state index contributed by atoms with van der Waals surface area (Å²) in [6, 6.07) is 1.66. The normalized spacial score (nSPS) is 14.6. The molecule has 1 aromatic rings. The van der Waals surface area contributed by atoms with Gasteiger partial charge < -0.3 is 10.6 Å². The van der Waals surface area contributed by atoms with Crippen LogP contribution in [-0.2, 0) is 6.54 Å². The monoisotopic (exact) mass is 274 g/mol. The van der Waals surface area contributed by atoms with Crippen LogP contribution in [0.2, 0.25) is 0 Å². The second-order valence-electron chi connectivity index (χ2n) is 5.06. The molecular weight excluding hydrogens is 252 g/mol. The molecule has 0 saturated carbocycles. The molecule has 20 heavy (non-hydrogen) atoms. The molecule has 0 bridgehead atoms. The highest BCUT2D eigenvalue weighted by molar-refractivity contribution is 5.73. The topological polar surface area (TPSA) is 66.9 Å². The van der Waals surface area contributed by atoms with Gasteiger partial charge in [-0.1, -0.05) is 11.6 Å². The highest BCUT2D eigenvalue weighted by atomic mass is 16.2. The molecule has 108 valence electrons. The first-order valence-corrected chi connectivity index (χ1v) is 7.22. The maximum atomic E-state index is 11.7. The van der Waals surface area contributed by atoms with Crippen molar-refractivity contribution >= 4 is 6.03 Å². The molecule has 0 unspecified atom stereocenters.